The minimum Gasteiger partial charge on any atom is -0.308 e. The summed E-state index contributed by atoms with van der Waals surface area (Å²) in [6.07, 6.45) is 1.89. The van der Waals surface area contributed by atoms with Crippen molar-refractivity contribution in [3.8, 4) is 0 Å². The number of hydrogen-bond acceptors (Lipinski definition) is 2. The lowest BCUT2D eigenvalue weighted by molar-refractivity contribution is 0.111. The van der Waals surface area contributed by atoms with Crippen LogP contribution < -0.4 is 5.32 Å². The van der Waals surface area contributed by atoms with E-state index in [4.69, 9.17) is 11.6 Å². The fourth-order valence-electron chi connectivity index (χ4n) is 2.50. The van der Waals surface area contributed by atoms with Gasteiger partial charge in [0.15, 0.2) is 0 Å². The number of benzene rings is 1. The van der Waals surface area contributed by atoms with Crippen molar-refractivity contribution in [1.29, 1.82) is 0 Å². The first-order chi connectivity index (χ1) is 9.79. The summed E-state index contributed by atoms with van der Waals surface area (Å²) in [6, 6.07) is 3.51. The average molecular weight is 380 g/mol. The molecule has 1 rings (SSSR count). The van der Waals surface area contributed by atoms with Crippen molar-refractivity contribution in [2.45, 2.75) is 45.2 Å². The molecule has 1 aromatic rings. The summed E-state index contributed by atoms with van der Waals surface area (Å²) >= 11 is 9.35. The normalized spacial score (nSPS) is 16.0. The van der Waals surface area contributed by atoms with Crippen LogP contribution in [0.1, 0.15) is 45.2 Å². The molecule has 0 aliphatic heterocycles. The molecule has 21 heavy (non-hydrogen) atoms. The van der Waals surface area contributed by atoms with Gasteiger partial charge >= 0.3 is 0 Å². The number of hydrogen-bond donors (Lipinski definition) is 1. The predicted octanol–water partition coefficient (Wildman–Crippen LogP) is 5.01. The molecule has 0 aliphatic carbocycles. The first kappa shape index (κ1) is 18.9. The van der Waals surface area contributed by atoms with Gasteiger partial charge in [0.05, 0.1) is 11.1 Å². The van der Waals surface area contributed by atoms with E-state index in [2.05, 4.69) is 46.9 Å². The zero-order valence-corrected chi connectivity index (χ0v) is 15.8. The van der Waals surface area contributed by atoms with Gasteiger partial charge in [0.25, 0.3) is 0 Å². The molecule has 0 aliphatic rings. The Bertz CT molecular complexity index is 482. The molecule has 0 heterocycles. The van der Waals surface area contributed by atoms with Gasteiger partial charge in [-0.2, -0.15) is 0 Å². The summed E-state index contributed by atoms with van der Waals surface area (Å²) in [5, 5.41) is 3.64. The summed E-state index contributed by atoms with van der Waals surface area (Å²) in [5.41, 5.74) is 0.419. The molecule has 2 atom stereocenters. The van der Waals surface area contributed by atoms with Gasteiger partial charge in [-0.3, -0.25) is 0 Å². The molecule has 1 aromatic carbocycles. The average Bonchev–Trinajstić information content (AvgIpc) is 2.46. The van der Waals surface area contributed by atoms with Crippen molar-refractivity contribution < 1.29 is 4.39 Å². The maximum absolute atomic E-state index is 14.6. The second-order valence-electron chi connectivity index (χ2n) is 5.76. The van der Waals surface area contributed by atoms with Gasteiger partial charge in [0.1, 0.15) is 5.82 Å². The summed E-state index contributed by atoms with van der Waals surface area (Å²) in [7, 11) is 4.06. The Balaban J connectivity index is 3.35. The fourth-order valence-corrected chi connectivity index (χ4v) is 2.97. The lowest BCUT2D eigenvalue weighted by atomic mass is 9.83. The molecule has 0 fully saturated rings. The van der Waals surface area contributed by atoms with Gasteiger partial charge in [0, 0.05) is 15.6 Å². The zero-order valence-electron chi connectivity index (χ0n) is 13.4. The highest BCUT2D eigenvalue weighted by molar-refractivity contribution is 9.10. The van der Waals surface area contributed by atoms with E-state index in [0.29, 0.717) is 10.0 Å². The van der Waals surface area contributed by atoms with E-state index in [1.54, 1.807) is 0 Å². The van der Waals surface area contributed by atoms with Crippen LogP contribution >= 0.6 is 27.5 Å². The van der Waals surface area contributed by atoms with Crippen molar-refractivity contribution in [3.05, 3.63) is 33.0 Å². The largest absolute Gasteiger partial charge is 0.308 e. The first-order valence-corrected chi connectivity index (χ1v) is 8.50. The molecule has 2 unspecified atom stereocenters. The van der Waals surface area contributed by atoms with Crippen LogP contribution in [0, 0.1) is 5.82 Å². The Morgan fingerprint density at radius 3 is 2.48 bits per heavy atom. The minimum atomic E-state index is -0.346. The van der Waals surface area contributed by atoms with Gasteiger partial charge in [-0.05, 0) is 62.4 Å². The maximum Gasteiger partial charge on any atom is 0.147 e. The van der Waals surface area contributed by atoms with E-state index in [0.717, 1.165) is 19.4 Å². The maximum atomic E-state index is 14.6. The Labute approximate surface area is 141 Å². The Morgan fingerprint density at radius 1 is 1.38 bits per heavy atom. The molecular formula is C16H25BrClFN2. The molecule has 0 aromatic heterocycles. The third kappa shape index (κ3) is 3.98. The van der Waals surface area contributed by atoms with Crippen molar-refractivity contribution in [2.24, 2.45) is 0 Å². The van der Waals surface area contributed by atoms with Gasteiger partial charge in [-0.1, -0.05) is 31.5 Å². The van der Waals surface area contributed by atoms with E-state index in [-0.39, 0.29) is 22.4 Å². The second-order valence-corrected chi connectivity index (χ2v) is 6.99. The van der Waals surface area contributed by atoms with Crippen molar-refractivity contribution in [2.75, 3.05) is 20.6 Å². The summed E-state index contributed by atoms with van der Waals surface area (Å²) in [5.74, 6) is -0.346. The smallest absolute Gasteiger partial charge is 0.147 e. The number of nitrogens with one attached hydrogen (secondary N) is 1. The van der Waals surface area contributed by atoms with E-state index in [1.807, 2.05) is 26.2 Å². The van der Waals surface area contributed by atoms with Crippen LogP contribution in [0.15, 0.2) is 16.6 Å². The molecule has 0 bridgehead atoms. The summed E-state index contributed by atoms with van der Waals surface area (Å²) < 4.78 is 15.2. The van der Waals surface area contributed by atoms with Gasteiger partial charge < -0.3 is 10.2 Å². The van der Waals surface area contributed by atoms with Gasteiger partial charge in [0.2, 0.25) is 0 Å². The lowest BCUT2D eigenvalue weighted by Crippen LogP contribution is -2.51. The Hall–Kier alpha value is -0.160. The summed E-state index contributed by atoms with van der Waals surface area (Å²) in [6.45, 7) is 7.21. The molecule has 120 valence electrons. The Morgan fingerprint density at radius 2 is 2.00 bits per heavy atom. The second kappa shape index (κ2) is 7.91. The van der Waals surface area contributed by atoms with Crippen LogP contribution in [-0.2, 0) is 0 Å². The van der Waals surface area contributed by atoms with E-state index in [9.17, 15) is 4.39 Å². The molecule has 2 nitrogen and oxygen atoms in total. The third-order valence-electron chi connectivity index (χ3n) is 4.33. The van der Waals surface area contributed by atoms with Gasteiger partial charge in [-0.15, -0.1) is 0 Å². The van der Waals surface area contributed by atoms with Crippen molar-refractivity contribution >= 4 is 27.5 Å². The first-order valence-electron chi connectivity index (χ1n) is 7.33. The van der Waals surface area contributed by atoms with Gasteiger partial charge in [-0.25, -0.2) is 4.39 Å². The number of likely N-dealkylation sites (N-methyl/N-ethyl adjacent to an activating group) is 1. The summed E-state index contributed by atoms with van der Waals surface area (Å²) in [4.78, 5) is 2.15. The molecule has 5 heteroatoms. The molecule has 0 saturated heterocycles. The SMILES string of the molecule is CCCNC(c1ccc(Br)c(Cl)c1F)C(C)(CC)N(C)C. The predicted molar refractivity (Wildman–Crippen MR) is 92.5 cm³/mol. The van der Waals surface area contributed by atoms with Crippen LogP contribution in [-0.4, -0.2) is 31.1 Å². The monoisotopic (exact) mass is 378 g/mol. The van der Waals surface area contributed by atoms with Crippen LogP contribution in [0.3, 0.4) is 0 Å². The fraction of sp³-hybridized carbons (Fsp3) is 0.625. The number of halogens is 3. The topological polar surface area (TPSA) is 15.3 Å². The molecule has 0 spiro atoms. The van der Waals surface area contributed by atoms with Crippen molar-refractivity contribution in [1.82, 2.24) is 10.2 Å². The van der Waals surface area contributed by atoms with E-state index in [1.165, 1.54) is 0 Å². The van der Waals surface area contributed by atoms with E-state index < -0.39 is 0 Å². The molecule has 0 saturated carbocycles. The van der Waals surface area contributed by atoms with Crippen LogP contribution in [0.2, 0.25) is 5.02 Å². The van der Waals surface area contributed by atoms with Crippen LogP contribution in [0.4, 0.5) is 4.39 Å². The standard InChI is InChI=1S/C16H25BrClFN2/c1-6-10-20-15(16(3,7-2)21(4)5)11-8-9-12(17)13(18)14(11)19/h8-9,15,20H,6-7,10H2,1-5H3. The Kier molecular flexibility index (Phi) is 7.11. The molecule has 1 N–H and O–H groups in total. The number of rotatable bonds is 7. The molecular weight excluding hydrogens is 355 g/mol. The zero-order chi connectivity index (χ0) is 16.2. The number of nitrogens with zero attached hydrogens (tertiary/aromatic N) is 1. The third-order valence-corrected chi connectivity index (χ3v) is 5.59. The minimum absolute atomic E-state index is 0.122. The molecule has 0 radical (unpaired) electrons. The molecule has 0 amide bonds. The highest BCUT2D eigenvalue weighted by Gasteiger charge is 2.37. The highest BCUT2D eigenvalue weighted by Crippen LogP contribution is 2.37. The van der Waals surface area contributed by atoms with Crippen LogP contribution in [0.5, 0.6) is 0 Å². The van der Waals surface area contributed by atoms with E-state index >= 15 is 0 Å². The van der Waals surface area contributed by atoms with Crippen LogP contribution in [0.25, 0.3) is 0 Å². The lowest BCUT2D eigenvalue weighted by Gasteiger charge is -2.43. The highest BCUT2D eigenvalue weighted by atomic mass is 79.9. The van der Waals surface area contributed by atoms with Crippen molar-refractivity contribution in [3.63, 3.8) is 0 Å². The quantitative estimate of drug-likeness (QED) is 0.670.